The van der Waals surface area contributed by atoms with Crippen molar-refractivity contribution in [2.75, 3.05) is 6.26 Å². The molecule has 1 atom stereocenters. The van der Waals surface area contributed by atoms with E-state index in [0.29, 0.717) is 5.92 Å². The van der Waals surface area contributed by atoms with Gasteiger partial charge in [-0.3, -0.25) is 0 Å². The maximum absolute atomic E-state index is 11.0. The molecule has 0 aromatic rings. The molecule has 78 valence electrons. The predicted molar refractivity (Wildman–Crippen MR) is 54.0 cm³/mol. The van der Waals surface area contributed by atoms with Crippen molar-refractivity contribution in [1.82, 2.24) is 4.72 Å². The fourth-order valence-electron chi connectivity index (χ4n) is 2.07. The van der Waals surface area contributed by atoms with Gasteiger partial charge in [-0.1, -0.05) is 19.3 Å². The molecule has 1 aliphatic rings. The molecule has 1 saturated carbocycles. The topological polar surface area (TPSA) is 46.2 Å². The van der Waals surface area contributed by atoms with Gasteiger partial charge in [-0.05, 0) is 25.7 Å². The van der Waals surface area contributed by atoms with Gasteiger partial charge in [-0.15, -0.1) is 0 Å². The Kier molecular flexibility index (Phi) is 3.74. The second kappa shape index (κ2) is 4.42. The molecule has 0 aromatic carbocycles. The van der Waals surface area contributed by atoms with Crippen LogP contribution in [0.3, 0.4) is 0 Å². The quantitative estimate of drug-likeness (QED) is 0.759. The molecule has 1 aliphatic carbocycles. The highest BCUT2D eigenvalue weighted by molar-refractivity contribution is 7.88. The molecular weight excluding hydrogens is 186 g/mol. The van der Waals surface area contributed by atoms with Crippen molar-refractivity contribution in [2.45, 2.75) is 45.1 Å². The second-order valence-electron chi connectivity index (χ2n) is 4.08. The molecular formula is C9H19NO2S. The van der Waals surface area contributed by atoms with Gasteiger partial charge >= 0.3 is 0 Å². The van der Waals surface area contributed by atoms with Crippen LogP contribution in [0.5, 0.6) is 0 Å². The molecule has 0 aliphatic heterocycles. The zero-order chi connectivity index (χ0) is 9.90. The summed E-state index contributed by atoms with van der Waals surface area (Å²) >= 11 is 0. The van der Waals surface area contributed by atoms with Gasteiger partial charge in [-0.2, -0.15) is 0 Å². The number of hydrogen-bond acceptors (Lipinski definition) is 2. The number of hydrogen-bond donors (Lipinski definition) is 1. The maximum Gasteiger partial charge on any atom is 0.208 e. The van der Waals surface area contributed by atoms with Gasteiger partial charge in [0.2, 0.25) is 10.0 Å². The van der Waals surface area contributed by atoms with Crippen LogP contribution >= 0.6 is 0 Å². The Hall–Kier alpha value is -0.0900. The molecule has 0 heterocycles. The van der Waals surface area contributed by atoms with Crippen LogP contribution in [0.1, 0.15) is 39.0 Å². The van der Waals surface area contributed by atoms with Crippen molar-refractivity contribution >= 4 is 10.0 Å². The fraction of sp³-hybridized carbons (Fsp3) is 1.00. The summed E-state index contributed by atoms with van der Waals surface area (Å²) in [5, 5.41) is 0. The van der Waals surface area contributed by atoms with Crippen molar-refractivity contribution in [1.29, 1.82) is 0 Å². The van der Waals surface area contributed by atoms with Gasteiger partial charge in [0.05, 0.1) is 6.26 Å². The minimum absolute atomic E-state index is 0.107. The van der Waals surface area contributed by atoms with Gasteiger partial charge in [0.25, 0.3) is 0 Å². The summed E-state index contributed by atoms with van der Waals surface area (Å²) in [5.41, 5.74) is 0. The minimum Gasteiger partial charge on any atom is -0.213 e. The van der Waals surface area contributed by atoms with Crippen LogP contribution in [-0.2, 0) is 10.0 Å². The van der Waals surface area contributed by atoms with E-state index in [0.717, 1.165) is 0 Å². The highest BCUT2D eigenvalue weighted by Gasteiger charge is 2.21. The summed E-state index contributed by atoms with van der Waals surface area (Å²) in [4.78, 5) is 0. The number of nitrogens with one attached hydrogen (secondary N) is 1. The molecule has 0 saturated heterocycles. The standard InChI is InChI=1S/C9H19NO2S/c1-8(10-13(2,11)12)9-6-4-3-5-7-9/h8-10H,3-7H2,1-2H3/t8-/m0/s1. The lowest BCUT2D eigenvalue weighted by atomic mass is 9.85. The fourth-order valence-corrected chi connectivity index (χ4v) is 2.94. The lowest BCUT2D eigenvalue weighted by Gasteiger charge is -2.27. The van der Waals surface area contributed by atoms with E-state index in [9.17, 15) is 8.42 Å². The van der Waals surface area contributed by atoms with E-state index in [-0.39, 0.29) is 6.04 Å². The molecule has 4 heteroatoms. The van der Waals surface area contributed by atoms with Crippen LogP contribution in [0.2, 0.25) is 0 Å². The van der Waals surface area contributed by atoms with Gasteiger partial charge in [0.1, 0.15) is 0 Å². The lowest BCUT2D eigenvalue weighted by molar-refractivity contribution is 0.303. The van der Waals surface area contributed by atoms with Crippen LogP contribution in [0.25, 0.3) is 0 Å². The molecule has 1 fully saturated rings. The third-order valence-corrected chi connectivity index (χ3v) is 3.56. The van der Waals surface area contributed by atoms with Crippen LogP contribution in [0.15, 0.2) is 0 Å². The van der Waals surface area contributed by atoms with Gasteiger partial charge in [0, 0.05) is 6.04 Å². The summed E-state index contributed by atoms with van der Waals surface area (Å²) in [6.45, 7) is 1.97. The largest absolute Gasteiger partial charge is 0.213 e. The Morgan fingerprint density at radius 2 is 1.77 bits per heavy atom. The van der Waals surface area contributed by atoms with Gasteiger partial charge < -0.3 is 0 Å². The first kappa shape index (κ1) is 11.0. The van der Waals surface area contributed by atoms with E-state index in [2.05, 4.69) is 4.72 Å². The SMILES string of the molecule is C[C@H](NS(C)(=O)=O)C1CCCCC1. The highest BCUT2D eigenvalue weighted by Crippen LogP contribution is 2.26. The smallest absolute Gasteiger partial charge is 0.208 e. The van der Waals surface area contributed by atoms with Crippen molar-refractivity contribution < 1.29 is 8.42 Å². The van der Waals surface area contributed by atoms with Crippen molar-refractivity contribution in [3.63, 3.8) is 0 Å². The average molecular weight is 205 g/mol. The molecule has 0 amide bonds. The van der Waals surface area contributed by atoms with E-state index in [1.165, 1.54) is 38.4 Å². The highest BCUT2D eigenvalue weighted by atomic mass is 32.2. The van der Waals surface area contributed by atoms with Crippen molar-refractivity contribution in [2.24, 2.45) is 5.92 Å². The maximum atomic E-state index is 11.0. The molecule has 0 spiro atoms. The van der Waals surface area contributed by atoms with Crippen molar-refractivity contribution in [3.05, 3.63) is 0 Å². The summed E-state index contributed by atoms with van der Waals surface area (Å²) in [5.74, 6) is 0.545. The third-order valence-electron chi connectivity index (χ3n) is 2.76. The van der Waals surface area contributed by atoms with Crippen LogP contribution in [0, 0.1) is 5.92 Å². The van der Waals surface area contributed by atoms with E-state index in [1.807, 2.05) is 6.92 Å². The van der Waals surface area contributed by atoms with E-state index >= 15 is 0 Å². The number of sulfonamides is 1. The van der Waals surface area contributed by atoms with Gasteiger partial charge in [0.15, 0.2) is 0 Å². The molecule has 1 N–H and O–H groups in total. The molecule has 0 bridgehead atoms. The first-order valence-corrected chi connectivity index (χ1v) is 6.85. The number of rotatable bonds is 3. The monoisotopic (exact) mass is 205 g/mol. The van der Waals surface area contributed by atoms with Crippen LogP contribution in [-0.4, -0.2) is 20.7 Å². The molecule has 13 heavy (non-hydrogen) atoms. The Morgan fingerprint density at radius 3 is 2.23 bits per heavy atom. The van der Waals surface area contributed by atoms with E-state index < -0.39 is 10.0 Å². The molecule has 1 rings (SSSR count). The summed E-state index contributed by atoms with van der Waals surface area (Å²) in [7, 11) is -3.02. The van der Waals surface area contributed by atoms with Crippen molar-refractivity contribution in [3.8, 4) is 0 Å². The van der Waals surface area contributed by atoms with Crippen LogP contribution in [0.4, 0.5) is 0 Å². The zero-order valence-electron chi connectivity index (χ0n) is 8.41. The first-order chi connectivity index (χ1) is 5.99. The summed E-state index contributed by atoms with van der Waals surface area (Å²) in [6, 6.07) is 0.107. The van der Waals surface area contributed by atoms with E-state index in [1.54, 1.807) is 0 Å². The Labute approximate surface area is 81.0 Å². The Morgan fingerprint density at radius 1 is 1.23 bits per heavy atom. The average Bonchev–Trinajstić information content (AvgIpc) is 2.03. The normalized spacial score (nSPS) is 22.9. The summed E-state index contributed by atoms with van der Waals surface area (Å²) < 4.78 is 24.6. The molecule has 0 radical (unpaired) electrons. The third kappa shape index (κ3) is 4.09. The predicted octanol–water partition coefficient (Wildman–Crippen LogP) is 1.50. The van der Waals surface area contributed by atoms with E-state index in [4.69, 9.17) is 0 Å². The molecule has 0 unspecified atom stereocenters. The molecule has 3 nitrogen and oxygen atoms in total. The van der Waals surface area contributed by atoms with Crippen LogP contribution < -0.4 is 4.72 Å². The summed E-state index contributed by atoms with van der Waals surface area (Å²) in [6.07, 6.45) is 7.38. The lowest BCUT2D eigenvalue weighted by Crippen LogP contribution is -2.38. The minimum atomic E-state index is -3.02. The first-order valence-electron chi connectivity index (χ1n) is 4.96. The Balaban J connectivity index is 2.42. The zero-order valence-corrected chi connectivity index (χ0v) is 9.23. The second-order valence-corrected chi connectivity index (χ2v) is 5.86. The van der Waals surface area contributed by atoms with Gasteiger partial charge in [-0.25, -0.2) is 13.1 Å². The Bertz CT molecular complexity index is 242. The molecule has 0 aromatic heterocycles.